The standard InChI is InChI=1S/C15H26O4/c1-3-5-6-12-11-15(18-9-10-19-15)8-7-13(12)14(16)17-4-2/h12-13H,3-11H2,1-2H3/t12-,13+/m1/s1. The lowest BCUT2D eigenvalue weighted by atomic mass is 9.74. The molecule has 1 aliphatic heterocycles. The highest BCUT2D eigenvalue weighted by molar-refractivity contribution is 5.73. The Morgan fingerprint density at radius 1 is 1.32 bits per heavy atom. The van der Waals surface area contributed by atoms with Crippen molar-refractivity contribution in [1.82, 2.24) is 0 Å². The molecule has 4 heteroatoms. The maximum atomic E-state index is 12.1. The van der Waals surface area contributed by atoms with Gasteiger partial charge in [-0.2, -0.15) is 0 Å². The summed E-state index contributed by atoms with van der Waals surface area (Å²) in [7, 11) is 0. The van der Waals surface area contributed by atoms with Crippen molar-refractivity contribution < 1.29 is 19.0 Å². The molecule has 0 aromatic rings. The molecule has 2 atom stereocenters. The van der Waals surface area contributed by atoms with E-state index < -0.39 is 5.79 Å². The highest BCUT2D eigenvalue weighted by Gasteiger charge is 2.47. The molecular formula is C15H26O4. The van der Waals surface area contributed by atoms with E-state index in [0.29, 0.717) is 25.7 Å². The average Bonchev–Trinajstić information content (AvgIpc) is 2.85. The third-order valence-corrected chi connectivity index (χ3v) is 4.31. The van der Waals surface area contributed by atoms with Crippen LogP contribution in [-0.2, 0) is 19.0 Å². The molecule has 2 fully saturated rings. The Morgan fingerprint density at radius 3 is 2.68 bits per heavy atom. The zero-order chi connectivity index (χ0) is 13.7. The van der Waals surface area contributed by atoms with Gasteiger partial charge < -0.3 is 14.2 Å². The third-order valence-electron chi connectivity index (χ3n) is 4.31. The van der Waals surface area contributed by atoms with Crippen LogP contribution < -0.4 is 0 Å². The zero-order valence-electron chi connectivity index (χ0n) is 12.2. The molecule has 1 spiro atoms. The molecule has 1 aliphatic carbocycles. The van der Waals surface area contributed by atoms with Gasteiger partial charge in [0.2, 0.25) is 0 Å². The van der Waals surface area contributed by atoms with Gasteiger partial charge in [-0.1, -0.05) is 19.8 Å². The minimum absolute atomic E-state index is 0.0311. The Kier molecular flexibility index (Phi) is 5.22. The maximum absolute atomic E-state index is 12.1. The van der Waals surface area contributed by atoms with Gasteiger partial charge in [0.25, 0.3) is 0 Å². The molecule has 1 saturated heterocycles. The van der Waals surface area contributed by atoms with Crippen LogP contribution >= 0.6 is 0 Å². The van der Waals surface area contributed by atoms with Crippen molar-refractivity contribution in [3.8, 4) is 0 Å². The molecule has 2 aliphatic rings. The molecule has 2 rings (SSSR count). The number of carbonyl (C=O) groups excluding carboxylic acids is 1. The molecule has 0 radical (unpaired) electrons. The first kappa shape index (κ1) is 14.8. The summed E-state index contributed by atoms with van der Waals surface area (Å²) in [4.78, 5) is 12.1. The van der Waals surface area contributed by atoms with E-state index in [4.69, 9.17) is 14.2 Å². The number of hydrogen-bond acceptors (Lipinski definition) is 4. The van der Waals surface area contributed by atoms with Gasteiger partial charge in [-0.15, -0.1) is 0 Å². The van der Waals surface area contributed by atoms with Crippen molar-refractivity contribution >= 4 is 5.97 Å². The number of esters is 1. The normalized spacial score (nSPS) is 29.6. The summed E-state index contributed by atoms with van der Waals surface area (Å²) in [6.45, 7) is 5.89. The van der Waals surface area contributed by atoms with Crippen LogP contribution in [0.2, 0.25) is 0 Å². The molecule has 4 nitrogen and oxygen atoms in total. The molecule has 1 saturated carbocycles. The molecule has 1 heterocycles. The van der Waals surface area contributed by atoms with E-state index in [1.165, 1.54) is 0 Å². The highest BCUT2D eigenvalue weighted by Crippen LogP contribution is 2.44. The smallest absolute Gasteiger partial charge is 0.309 e. The minimum Gasteiger partial charge on any atom is -0.466 e. The summed E-state index contributed by atoms with van der Waals surface area (Å²) < 4.78 is 16.8. The Morgan fingerprint density at radius 2 is 2.05 bits per heavy atom. The first-order valence-electron chi connectivity index (χ1n) is 7.65. The third kappa shape index (κ3) is 3.48. The lowest BCUT2D eigenvalue weighted by Gasteiger charge is -2.40. The predicted octanol–water partition coefficient (Wildman–Crippen LogP) is 2.90. The van der Waals surface area contributed by atoms with Crippen molar-refractivity contribution in [2.75, 3.05) is 19.8 Å². The van der Waals surface area contributed by atoms with Crippen molar-refractivity contribution in [3.05, 3.63) is 0 Å². The van der Waals surface area contributed by atoms with E-state index in [0.717, 1.165) is 38.5 Å². The Hall–Kier alpha value is -0.610. The van der Waals surface area contributed by atoms with Crippen molar-refractivity contribution in [1.29, 1.82) is 0 Å². The second kappa shape index (κ2) is 6.71. The van der Waals surface area contributed by atoms with Gasteiger partial charge in [0.15, 0.2) is 5.79 Å². The average molecular weight is 270 g/mol. The van der Waals surface area contributed by atoms with Crippen LogP contribution in [0.3, 0.4) is 0 Å². The fraction of sp³-hybridized carbons (Fsp3) is 0.933. The molecule has 110 valence electrons. The van der Waals surface area contributed by atoms with E-state index in [1.807, 2.05) is 6.92 Å². The molecule has 0 unspecified atom stereocenters. The van der Waals surface area contributed by atoms with Gasteiger partial charge >= 0.3 is 5.97 Å². The number of rotatable bonds is 5. The van der Waals surface area contributed by atoms with E-state index in [9.17, 15) is 4.79 Å². The van der Waals surface area contributed by atoms with Gasteiger partial charge in [0.05, 0.1) is 25.7 Å². The molecule has 0 aromatic carbocycles. The second-order valence-electron chi connectivity index (χ2n) is 5.61. The number of ether oxygens (including phenoxy) is 3. The second-order valence-corrected chi connectivity index (χ2v) is 5.61. The van der Waals surface area contributed by atoms with E-state index >= 15 is 0 Å². The first-order chi connectivity index (χ1) is 9.21. The topological polar surface area (TPSA) is 44.8 Å². The summed E-state index contributed by atoms with van der Waals surface area (Å²) in [5.41, 5.74) is 0. The van der Waals surface area contributed by atoms with Crippen LogP contribution in [0.15, 0.2) is 0 Å². The fourth-order valence-electron chi connectivity index (χ4n) is 3.34. The number of hydrogen-bond donors (Lipinski definition) is 0. The van der Waals surface area contributed by atoms with Gasteiger partial charge in [0.1, 0.15) is 0 Å². The summed E-state index contributed by atoms with van der Waals surface area (Å²) in [6, 6.07) is 0. The maximum Gasteiger partial charge on any atom is 0.309 e. The molecule has 0 aromatic heterocycles. The van der Waals surface area contributed by atoms with Crippen LogP contribution in [0.25, 0.3) is 0 Å². The Bertz CT molecular complexity index is 297. The molecule has 0 bridgehead atoms. The quantitative estimate of drug-likeness (QED) is 0.721. The summed E-state index contributed by atoms with van der Waals surface area (Å²) >= 11 is 0. The number of carbonyl (C=O) groups is 1. The van der Waals surface area contributed by atoms with Crippen molar-refractivity contribution in [2.24, 2.45) is 11.8 Å². The summed E-state index contributed by atoms with van der Waals surface area (Å²) in [6.07, 6.45) is 5.86. The van der Waals surface area contributed by atoms with E-state index in [2.05, 4.69) is 6.92 Å². The molecule has 0 amide bonds. The summed E-state index contributed by atoms with van der Waals surface area (Å²) in [5.74, 6) is -0.0614. The Balaban J connectivity index is 2.00. The van der Waals surface area contributed by atoms with Crippen LogP contribution in [0.5, 0.6) is 0 Å². The van der Waals surface area contributed by atoms with Crippen LogP contribution in [0.1, 0.15) is 52.4 Å². The van der Waals surface area contributed by atoms with Gasteiger partial charge in [-0.25, -0.2) is 0 Å². The molecule has 19 heavy (non-hydrogen) atoms. The monoisotopic (exact) mass is 270 g/mol. The van der Waals surface area contributed by atoms with Gasteiger partial charge in [-0.3, -0.25) is 4.79 Å². The van der Waals surface area contributed by atoms with Crippen LogP contribution in [0, 0.1) is 11.8 Å². The van der Waals surface area contributed by atoms with Crippen LogP contribution in [-0.4, -0.2) is 31.6 Å². The van der Waals surface area contributed by atoms with Gasteiger partial charge in [0, 0.05) is 12.8 Å². The van der Waals surface area contributed by atoms with Crippen LogP contribution in [0.4, 0.5) is 0 Å². The highest BCUT2D eigenvalue weighted by atomic mass is 16.7. The summed E-state index contributed by atoms with van der Waals surface area (Å²) in [5, 5.41) is 0. The minimum atomic E-state index is -0.401. The van der Waals surface area contributed by atoms with Gasteiger partial charge in [-0.05, 0) is 25.7 Å². The van der Waals surface area contributed by atoms with Crippen molar-refractivity contribution in [3.63, 3.8) is 0 Å². The van der Waals surface area contributed by atoms with Crippen molar-refractivity contribution in [2.45, 2.75) is 58.2 Å². The fourth-order valence-corrected chi connectivity index (χ4v) is 3.34. The number of unbranched alkanes of at least 4 members (excludes halogenated alkanes) is 1. The predicted molar refractivity (Wildman–Crippen MR) is 71.6 cm³/mol. The zero-order valence-corrected chi connectivity index (χ0v) is 12.2. The van der Waals surface area contributed by atoms with E-state index in [-0.39, 0.29) is 11.9 Å². The lowest BCUT2D eigenvalue weighted by Crippen LogP contribution is -2.43. The molecule has 0 N–H and O–H groups in total. The first-order valence-corrected chi connectivity index (χ1v) is 7.65. The Labute approximate surface area is 115 Å². The lowest BCUT2D eigenvalue weighted by molar-refractivity contribution is -0.200. The largest absolute Gasteiger partial charge is 0.466 e. The molecular weight excluding hydrogens is 244 g/mol. The SMILES string of the molecule is CCCC[C@@H]1CC2(CC[C@@H]1C(=O)OCC)OCCO2. The van der Waals surface area contributed by atoms with E-state index in [1.54, 1.807) is 0 Å².